The van der Waals surface area contributed by atoms with E-state index in [1.807, 2.05) is 24.3 Å². The Kier molecular flexibility index (Phi) is 20.6. The Morgan fingerprint density at radius 2 is 1.27 bits per heavy atom. The molecule has 12 heteroatoms. The Bertz CT molecular complexity index is 1580. The normalized spacial score (nSPS) is 12.6. The molecule has 0 radical (unpaired) electrons. The third kappa shape index (κ3) is 15.7. The third-order valence-electron chi connectivity index (χ3n) is 10.3. The van der Waals surface area contributed by atoms with Gasteiger partial charge >= 0.3 is 18.2 Å². The lowest BCUT2D eigenvalue weighted by Gasteiger charge is -2.18. The van der Waals surface area contributed by atoms with Crippen LogP contribution in [0.3, 0.4) is 0 Å². The van der Waals surface area contributed by atoms with E-state index in [-0.39, 0.29) is 12.5 Å². The van der Waals surface area contributed by atoms with E-state index in [2.05, 4.69) is 65.1 Å². The van der Waals surface area contributed by atoms with E-state index in [4.69, 9.17) is 19.4 Å². The predicted octanol–water partition coefficient (Wildman–Crippen LogP) is 8.98. The van der Waals surface area contributed by atoms with E-state index in [0.29, 0.717) is 6.42 Å². The second kappa shape index (κ2) is 25.0. The summed E-state index contributed by atoms with van der Waals surface area (Å²) in [6.07, 6.45) is 19.3. The molecular formula is C44H62F3N3O6. The van der Waals surface area contributed by atoms with Gasteiger partial charge in [0.05, 0.1) is 20.2 Å². The molecule has 2 aromatic carbocycles. The van der Waals surface area contributed by atoms with Crippen LogP contribution in [0.4, 0.5) is 18.0 Å². The lowest BCUT2D eigenvalue weighted by Crippen LogP contribution is -2.44. The highest BCUT2D eigenvalue weighted by atomic mass is 19.4. The van der Waals surface area contributed by atoms with Crippen molar-refractivity contribution in [2.75, 3.05) is 13.7 Å². The molecule has 1 aromatic heterocycles. The Hall–Kier alpha value is -4.35. The maximum absolute atomic E-state index is 13.2. The van der Waals surface area contributed by atoms with E-state index in [0.717, 1.165) is 42.8 Å². The number of aromatic nitrogens is 2. The largest absolute Gasteiger partial charge is 0.542 e. The van der Waals surface area contributed by atoms with Gasteiger partial charge in [-0.2, -0.15) is 13.2 Å². The molecule has 0 bridgehead atoms. The summed E-state index contributed by atoms with van der Waals surface area (Å²) in [5.74, 6) is -3.52. The Labute approximate surface area is 331 Å². The number of amides is 1. The number of carboxylic acid groups (broad SMARTS) is 1. The first-order chi connectivity index (χ1) is 27.0. The fourth-order valence-corrected chi connectivity index (χ4v) is 7.22. The minimum Gasteiger partial charge on any atom is -0.542 e. The molecule has 56 heavy (non-hydrogen) atoms. The highest BCUT2D eigenvalue weighted by Crippen LogP contribution is 2.44. The smallest absolute Gasteiger partial charge is 0.430 e. The molecule has 0 saturated heterocycles. The summed E-state index contributed by atoms with van der Waals surface area (Å²) < 4.78 is 47.0. The zero-order valence-corrected chi connectivity index (χ0v) is 33.5. The summed E-state index contributed by atoms with van der Waals surface area (Å²) in [5, 5.41) is 11.6. The van der Waals surface area contributed by atoms with Gasteiger partial charge in [0.25, 0.3) is 0 Å². The summed E-state index contributed by atoms with van der Waals surface area (Å²) in [6.45, 7) is 6.56. The van der Waals surface area contributed by atoms with Gasteiger partial charge in [-0.05, 0) is 47.9 Å². The van der Waals surface area contributed by atoms with Gasteiger partial charge in [0, 0.05) is 12.3 Å². The highest BCUT2D eigenvalue weighted by Gasteiger charge is 2.31. The molecule has 1 atom stereocenters. The van der Waals surface area contributed by atoms with Crippen LogP contribution < -0.4 is 15.0 Å². The van der Waals surface area contributed by atoms with Crippen molar-refractivity contribution < 1.29 is 46.7 Å². The topological polar surface area (TPSA) is 114 Å². The van der Waals surface area contributed by atoms with Crippen LogP contribution in [0.25, 0.3) is 11.1 Å². The fourth-order valence-electron chi connectivity index (χ4n) is 7.22. The molecule has 1 heterocycles. The van der Waals surface area contributed by atoms with Crippen molar-refractivity contribution in [2.45, 2.75) is 154 Å². The number of carbonyl (C=O) groups is 3. The van der Waals surface area contributed by atoms with Crippen molar-refractivity contribution in [3.05, 3.63) is 77.9 Å². The summed E-state index contributed by atoms with van der Waals surface area (Å²) in [6, 6.07) is 15.7. The van der Waals surface area contributed by atoms with E-state index >= 15 is 0 Å². The molecular weight excluding hydrogens is 723 g/mol. The van der Waals surface area contributed by atoms with Crippen LogP contribution in [0.2, 0.25) is 0 Å². The van der Waals surface area contributed by atoms with Gasteiger partial charge in [-0.1, -0.05) is 139 Å². The maximum Gasteiger partial charge on any atom is 0.430 e. The zero-order chi connectivity index (χ0) is 40.8. The fraction of sp³-hybridized carbons (Fsp3) is 0.591. The monoisotopic (exact) mass is 785 g/mol. The molecule has 0 saturated carbocycles. The van der Waals surface area contributed by atoms with Gasteiger partial charge in [0.15, 0.2) is 0 Å². The molecule has 1 aliphatic rings. The zero-order valence-electron chi connectivity index (χ0n) is 33.5. The predicted molar refractivity (Wildman–Crippen MR) is 209 cm³/mol. The first-order valence-electron chi connectivity index (χ1n) is 20.6. The van der Waals surface area contributed by atoms with Crippen LogP contribution in [0.15, 0.2) is 61.1 Å². The molecule has 1 N–H and O–H groups in total. The molecule has 310 valence electrons. The number of nitrogens with one attached hydrogen (secondary N) is 1. The number of alkyl halides is 3. The van der Waals surface area contributed by atoms with Crippen molar-refractivity contribution in [3.63, 3.8) is 0 Å². The van der Waals surface area contributed by atoms with E-state index in [9.17, 15) is 22.8 Å². The van der Waals surface area contributed by atoms with Gasteiger partial charge in [-0.15, -0.1) is 0 Å². The number of carbonyl (C=O) groups excluding carboxylic acids is 3. The van der Waals surface area contributed by atoms with Crippen LogP contribution >= 0.6 is 0 Å². The minimum absolute atomic E-state index is 0.0473. The lowest BCUT2D eigenvalue weighted by atomic mass is 9.98. The minimum atomic E-state index is -5.19. The molecule has 0 aliphatic heterocycles. The van der Waals surface area contributed by atoms with Crippen molar-refractivity contribution >= 4 is 18.0 Å². The molecule has 0 spiro atoms. The van der Waals surface area contributed by atoms with Gasteiger partial charge in [0.2, 0.25) is 6.33 Å². The van der Waals surface area contributed by atoms with Gasteiger partial charge < -0.3 is 24.7 Å². The van der Waals surface area contributed by atoms with Crippen LogP contribution in [-0.4, -0.2) is 48.5 Å². The Morgan fingerprint density at radius 3 is 1.77 bits per heavy atom. The van der Waals surface area contributed by atoms with Crippen LogP contribution in [0.5, 0.6) is 0 Å². The van der Waals surface area contributed by atoms with Gasteiger partial charge in [0.1, 0.15) is 30.5 Å². The number of rotatable bonds is 24. The van der Waals surface area contributed by atoms with E-state index in [1.54, 1.807) is 0 Å². The summed E-state index contributed by atoms with van der Waals surface area (Å²) in [5.41, 5.74) is 5.69. The van der Waals surface area contributed by atoms with Crippen molar-refractivity contribution in [3.8, 4) is 11.1 Å². The van der Waals surface area contributed by atoms with Gasteiger partial charge in [-0.3, -0.25) is 0 Å². The molecule has 1 aliphatic carbocycles. The first kappa shape index (κ1) is 46.0. The average molecular weight is 786 g/mol. The quantitative estimate of drug-likeness (QED) is 0.0551. The first-order valence-corrected chi connectivity index (χ1v) is 20.6. The van der Waals surface area contributed by atoms with E-state index < -0.39 is 30.2 Å². The number of esters is 1. The number of imidazole rings is 1. The number of halogens is 3. The number of hydrogen-bond donors (Lipinski definition) is 1. The molecule has 0 fully saturated rings. The number of methoxy groups -OCH3 is 1. The van der Waals surface area contributed by atoms with E-state index in [1.165, 1.54) is 108 Å². The summed E-state index contributed by atoms with van der Waals surface area (Å²) in [7, 11) is 1.37. The number of fused-ring (bicyclic) bond motifs is 3. The summed E-state index contributed by atoms with van der Waals surface area (Å²) in [4.78, 5) is 35.0. The van der Waals surface area contributed by atoms with Crippen LogP contribution in [0.1, 0.15) is 139 Å². The summed E-state index contributed by atoms with van der Waals surface area (Å²) >= 11 is 0. The second-order valence-corrected chi connectivity index (χ2v) is 14.7. The number of aliphatic carboxylic acids is 1. The number of hydrogen-bond acceptors (Lipinski definition) is 6. The van der Waals surface area contributed by atoms with Crippen LogP contribution in [-0.2, 0) is 38.6 Å². The number of benzene rings is 2. The Balaban J connectivity index is 0.00000109. The molecule has 9 nitrogen and oxygen atoms in total. The number of ether oxygens (including phenoxy) is 2. The SMILES string of the molecule is CCCCCCCCCCn1c[n+](CCCCCCCCCC)cc1C[C@H](NC(=O)OCC1c2ccccc2-c2ccccc21)C(=O)OC.O=C([O-])C(F)(F)F. The van der Waals surface area contributed by atoms with Gasteiger partial charge in [-0.25, -0.2) is 18.7 Å². The molecule has 1 amide bonds. The van der Waals surface area contributed by atoms with Crippen molar-refractivity contribution in [1.82, 2.24) is 9.88 Å². The molecule has 0 unspecified atom stereocenters. The average Bonchev–Trinajstić information content (AvgIpc) is 3.72. The highest BCUT2D eigenvalue weighted by molar-refractivity contribution is 5.82. The lowest BCUT2D eigenvalue weighted by molar-refractivity contribution is -0.697. The number of alkyl carbamates (subject to hydrolysis) is 1. The molecule has 4 rings (SSSR count). The van der Waals surface area contributed by atoms with Crippen molar-refractivity contribution in [1.29, 1.82) is 0 Å². The number of carboxylic acids is 1. The second-order valence-electron chi connectivity index (χ2n) is 14.7. The number of nitrogens with zero attached hydrogens (tertiary/aromatic N) is 2. The molecule has 3 aromatic rings. The number of aryl methyl sites for hydroxylation is 2. The number of unbranched alkanes of at least 4 members (excludes halogenated alkanes) is 14. The van der Waals surface area contributed by atoms with Crippen LogP contribution in [0, 0.1) is 0 Å². The Morgan fingerprint density at radius 1 is 0.786 bits per heavy atom. The van der Waals surface area contributed by atoms with Crippen molar-refractivity contribution in [2.24, 2.45) is 0 Å². The third-order valence-corrected chi connectivity index (χ3v) is 10.3. The standard InChI is InChI=1S/C42H61N3O4.C2HF3O2/c1-4-6-8-10-12-14-16-22-28-44-31-34(45(33-44)29-23-17-15-13-11-9-7-5-2)30-40(41(46)48-3)43-42(47)49-32-39-37-26-20-18-24-35(37)36-25-19-21-27-38(36)39;3-2(4,5)1(6)7/h18-21,24-27,31,33,39-40H,4-17,22-23,28-30,32H2,1-3H3;(H,6,7)/t40-;/m0./s1. The maximum atomic E-state index is 13.2.